The minimum atomic E-state index is -1.26. The summed E-state index contributed by atoms with van der Waals surface area (Å²) in [5.41, 5.74) is 21.8. The van der Waals surface area contributed by atoms with E-state index in [-0.39, 0.29) is 38.2 Å². The number of aromatic amines is 1. The number of imidazole rings is 1. The summed E-state index contributed by atoms with van der Waals surface area (Å²) in [4.78, 5) is 57.8. The summed E-state index contributed by atoms with van der Waals surface area (Å²) in [6.07, 6.45) is 3.14. The van der Waals surface area contributed by atoms with Crippen LogP contribution >= 0.6 is 0 Å². The van der Waals surface area contributed by atoms with Gasteiger partial charge in [-0.05, 0) is 19.3 Å². The van der Waals surface area contributed by atoms with Crippen molar-refractivity contribution in [1.29, 1.82) is 0 Å². The van der Waals surface area contributed by atoms with Crippen LogP contribution in [0.25, 0.3) is 0 Å². The molecule has 3 amide bonds. The Hall–Kier alpha value is -3.68. The highest BCUT2D eigenvalue weighted by Crippen LogP contribution is 2.04. The standard InChI is InChI=1S/C17H29N9O5/c18-10(3-4-13(19)27)14(28)25-11(2-1-5-23-17(20)21)15(29)26-12(16(30)31)6-9-7-22-8-24-9/h7-8,10-12H,1-6,18H2,(H2,19,27)(H,22,24)(H,25,28)(H,26,29)(H,30,31)(H4,20,21,23)/t10-,11-,12-/m0/s1. The van der Waals surface area contributed by atoms with Gasteiger partial charge in [0, 0.05) is 31.3 Å². The molecular weight excluding hydrogens is 410 g/mol. The smallest absolute Gasteiger partial charge is 0.326 e. The van der Waals surface area contributed by atoms with Gasteiger partial charge >= 0.3 is 5.97 Å². The van der Waals surface area contributed by atoms with Crippen LogP contribution < -0.4 is 33.6 Å². The first kappa shape index (κ1) is 25.4. The Bertz CT molecular complexity index is 777. The second-order valence-corrected chi connectivity index (χ2v) is 6.80. The van der Waals surface area contributed by atoms with Gasteiger partial charge in [0.25, 0.3) is 0 Å². The van der Waals surface area contributed by atoms with Crippen molar-refractivity contribution < 1.29 is 24.3 Å². The molecule has 0 saturated carbocycles. The number of aliphatic imine (C=N–C) groups is 1. The molecule has 0 fully saturated rings. The van der Waals surface area contributed by atoms with Crippen molar-refractivity contribution in [3.8, 4) is 0 Å². The van der Waals surface area contributed by atoms with E-state index in [0.717, 1.165) is 0 Å². The number of carbonyl (C=O) groups excluding carboxylic acids is 3. The SMILES string of the molecule is NC(=O)CC[C@H](N)C(=O)N[C@@H](CCCN=C(N)N)C(=O)N[C@@H](Cc1cnc[nH]1)C(=O)O. The summed E-state index contributed by atoms with van der Waals surface area (Å²) >= 11 is 0. The molecule has 0 radical (unpaired) electrons. The Morgan fingerprint density at radius 2 is 1.77 bits per heavy atom. The van der Waals surface area contributed by atoms with E-state index in [1.165, 1.54) is 12.5 Å². The van der Waals surface area contributed by atoms with E-state index in [4.69, 9.17) is 22.9 Å². The van der Waals surface area contributed by atoms with Crippen LogP contribution in [0.15, 0.2) is 17.5 Å². The third kappa shape index (κ3) is 10.1. The number of hydrogen-bond acceptors (Lipinski definition) is 7. The Kier molecular flexibility index (Phi) is 10.5. The van der Waals surface area contributed by atoms with Crippen LogP contribution in [0.2, 0.25) is 0 Å². The molecule has 0 aliphatic heterocycles. The lowest BCUT2D eigenvalue weighted by atomic mass is 10.1. The van der Waals surface area contributed by atoms with Crippen LogP contribution in [0.4, 0.5) is 0 Å². The van der Waals surface area contributed by atoms with Gasteiger partial charge in [-0.2, -0.15) is 0 Å². The molecule has 14 heteroatoms. The van der Waals surface area contributed by atoms with Crippen molar-refractivity contribution in [2.75, 3.05) is 6.54 Å². The molecule has 0 aliphatic carbocycles. The van der Waals surface area contributed by atoms with Gasteiger partial charge in [-0.3, -0.25) is 19.4 Å². The highest BCUT2D eigenvalue weighted by molar-refractivity contribution is 5.92. The summed E-state index contributed by atoms with van der Waals surface area (Å²) in [7, 11) is 0. The molecule has 0 saturated heterocycles. The van der Waals surface area contributed by atoms with Crippen LogP contribution in [0.5, 0.6) is 0 Å². The Morgan fingerprint density at radius 3 is 2.32 bits per heavy atom. The normalized spacial score (nSPS) is 13.5. The maximum atomic E-state index is 12.7. The number of aromatic nitrogens is 2. The summed E-state index contributed by atoms with van der Waals surface area (Å²) < 4.78 is 0. The first-order chi connectivity index (χ1) is 14.6. The number of H-pyrrole nitrogens is 1. The molecule has 0 bridgehead atoms. The molecule has 3 atom stereocenters. The molecule has 14 nitrogen and oxygen atoms in total. The predicted molar refractivity (Wildman–Crippen MR) is 110 cm³/mol. The lowest BCUT2D eigenvalue weighted by Crippen LogP contribution is -2.55. The molecule has 1 aromatic heterocycles. The molecule has 172 valence electrons. The minimum Gasteiger partial charge on any atom is -0.480 e. The highest BCUT2D eigenvalue weighted by Gasteiger charge is 2.28. The fourth-order valence-electron chi connectivity index (χ4n) is 2.57. The van der Waals surface area contributed by atoms with Crippen LogP contribution in [-0.4, -0.2) is 69.4 Å². The number of hydrogen-bond donors (Lipinski definition) is 8. The van der Waals surface area contributed by atoms with Crippen molar-refractivity contribution >= 4 is 29.7 Å². The number of carboxylic acid groups (broad SMARTS) is 1. The monoisotopic (exact) mass is 439 g/mol. The second-order valence-electron chi connectivity index (χ2n) is 6.80. The quantitative estimate of drug-likeness (QED) is 0.0816. The topological polar surface area (TPSA) is 258 Å². The molecule has 12 N–H and O–H groups in total. The molecule has 0 spiro atoms. The lowest BCUT2D eigenvalue weighted by Gasteiger charge is -2.22. The lowest BCUT2D eigenvalue weighted by molar-refractivity contribution is -0.142. The summed E-state index contributed by atoms with van der Waals surface area (Å²) in [5, 5.41) is 14.3. The Morgan fingerprint density at radius 1 is 1.10 bits per heavy atom. The Balaban J connectivity index is 2.82. The number of amides is 3. The number of nitrogens with one attached hydrogen (secondary N) is 3. The van der Waals surface area contributed by atoms with Crippen molar-refractivity contribution in [1.82, 2.24) is 20.6 Å². The first-order valence-corrected chi connectivity index (χ1v) is 9.50. The van der Waals surface area contributed by atoms with Gasteiger partial charge in [-0.1, -0.05) is 0 Å². The number of aliphatic carboxylic acids is 1. The van der Waals surface area contributed by atoms with Crippen molar-refractivity contribution in [3.63, 3.8) is 0 Å². The largest absolute Gasteiger partial charge is 0.480 e. The fourth-order valence-corrected chi connectivity index (χ4v) is 2.57. The van der Waals surface area contributed by atoms with E-state index in [1.807, 2.05) is 0 Å². The van der Waals surface area contributed by atoms with Crippen molar-refractivity contribution in [3.05, 3.63) is 18.2 Å². The van der Waals surface area contributed by atoms with Gasteiger partial charge in [-0.15, -0.1) is 0 Å². The zero-order chi connectivity index (χ0) is 23.4. The predicted octanol–water partition coefficient (Wildman–Crippen LogP) is -3.35. The number of nitrogens with two attached hydrogens (primary N) is 4. The maximum absolute atomic E-state index is 12.7. The van der Waals surface area contributed by atoms with E-state index >= 15 is 0 Å². The molecule has 0 unspecified atom stereocenters. The van der Waals surface area contributed by atoms with Crippen LogP contribution in [0.3, 0.4) is 0 Å². The van der Waals surface area contributed by atoms with Crippen LogP contribution in [0.1, 0.15) is 31.4 Å². The molecule has 1 heterocycles. The molecule has 1 rings (SSSR count). The van der Waals surface area contributed by atoms with E-state index in [2.05, 4.69) is 25.6 Å². The number of guanidine groups is 1. The van der Waals surface area contributed by atoms with Gasteiger partial charge in [-0.25, -0.2) is 9.78 Å². The summed E-state index contributed by atoms with van der Waals surface area (Å²) in [6, 6.07) is -3.42. The highest BCUT2D eigenvalue weighted by atomic mass is 16.4. The Labute approximate surface area is 178 Å². The van der Waals surface area contributed by atoms with Gasteiger partial charge in [0.05, 0.1) is 12.4 Å². The van der Waals surface area contributed by atoms with Crippen molar-refractivity contribution in [2.45, 2.75) is 50.2 Å². The third-order valence-corrected chi connectivity index (χ3v) is 4.21. The summed E-state index contributed by atoms with van der Waals surface area (Å²) in [6.45, 7) is 0.201. The zero-order valence-electron chi connectivity index (χ0n) is 16.9. The first-order valence-electron chi connectivity index (χ1n) is 9.50. The minimum absolute atomic E-state index is 0.00107. The van der Waals surface area contributed by atoms with Crippen molar-refractivity contribution in [2.24, 2.45) is 27.9 Å². The van der Waals surface area contributed by atoms with E-state index < -0.39 is 41.8 Å². The molecule has 31 heavy (non-hydrogen) atoms. The van der Waals surface area contributed by atoms with E-state index in [1.54, 1.807) is 0 Å². The number of carboxylic acids is 1. The number of nitrogens with zero attached hydrogens (tertiary/aromatic N) is 2. The van der Waals surface area contributed by atoms with Gasteiger partial charge in [0.1, 0.15) is 12.1 Å². The average Bonchev–Trinajstić information content (AvgIpc) is 3.20. The average molecular weight is 439 g/mol. The zero-order valence-corrected chi connectivity index (χ0v) is 16.9. The molecular formula is C17H29N9O5. The van der Waals surface area contributed by atoms with E-state index in [9.17, 15) is 24.3 Å². The van der Waals surface area contributed by atoms with Crippen LogP contribution in [-0.2, 0) is 25.6 Å². The molecule has 0 aliphatic rings. The van der Waals surface area contributed by atoms with Gasteiger partial charge in [0.2, 0.25) is 17.7 Å². The fraction of sp³-hybridized carbons (Fsp3) is 0.529. The van der Waals surface area contributed by atoms with E-state index in [0.29, 0.717) is 12.1 Å². The third-order valence-electron chi connectivity index (χ3n) is 4.21. The van der Waals surface area contributed by atoms with Crippen LogP contribution in [0, 0.1) is 0 Å². The number of rotatable bonds is 14. The maximum Gasteiger partial charge on any atom is 0.326 e. The molecule has 1 aromatic rings. The second kappa shape index (κ2) is 12.8. The van der Waals surface area contributed by atoms with Gasteiger partial charge in [0.15, 0.2) is 5.96 Å². The summed E-state index contributed by atoms with van der Waals surface area (Å²) in [5.74, 6) is -3.38. The number of primary amides is 1. The number of carbonyl (C=O) groups is 4. The molecule has 0 aromatic carbocycles. The van der Waals surface area contributed by atoms with Gasteiger partial charge < -0.3 is 43.7 Å².